The number of ether oxygens (including phenoxy) is 1. The lowest BCUT2D eigenvalue weighted by Gasteiger charge is -2.09. The van der Waals surface area contributed by atoms with Gasteiger partial charge in [0.05, 0.1) is 12.6 Å². The molecule has 3 rings (SSSR count). The molecule has 0 unspecified atom stereocenters. The summed E-state index contributed by atoms with van der Waals surface area (Å²) < 4.78 is 7.18. The van der Waals surface area contributed by atoms with E-state index in [0.717, 1.165) is 28.8 Å². The van der Waals surface area contributed by atoms with Crippen LogP contribution >= 0.6 is 11.6 Å². The molecule has 0 amide bonds. The molecule has 0 saturated heterocycles. The number of aromatic nitrogens is 1. The van der Waals surface area contributed by atoms with Crippen molar-refractivity contribution in [3.63, 3.8) is 0 Å². The largest absolute Gasteiger partial charge is 0.497 e. The van der Waals surface area contributed by atoms with Crippen LogP contribution in [0.2, 0.25) is 5.02 Å². The molecule has 2 aromatic carbocycles. The number of carbonyl (C=O) groups is 1. The summed E-state index contributed by atoms with van der Waals surface area (Å²) in [5.41, 5.74) is 3.72. The number of hydrogen-bond donors (Lipinski definition) is 0. The molecule has 3 aromatic rings. The van der Waals surface area contributed by atoms with Crippen LogP contribution in [0.3, 0.4) is 0 Å². The minimum absolute atomic E-state index is 0.0423. The smallest absolute Gasteiger partial charge is 0.262 e. The van der Waals surface area contributed by atoms with Crippen LogP contribution in [-0.4, -0.2) is 17.6 Å². The first-order valence-corrected chi connectivity index (χ1v) is 8.78. The van der Waals surface area contributed by atoms with Crippen LogP contribution in [-0.2, 0) is 6.42 Å². The molecule has 0 bridgehead atoms. The number of fused-ring (bicyclic) bond motifs is 1. The third-order valence-electron chi connectivity index (χ3n) is 4.45. The number of rotatable bonds is 4. The molecule has 0 radical (unpaired) electrons. The zero-order valence-electron chi connectivity index (χ0n) is 15.0. The molecule has 4 heteroatoms. The van der Waals surface area contributed by atoms with Gasteiger partial charge in [0, 0.05) is 21.7 Å². The van der Waals surface area contributed by atoms with Crippen molar-refractivity contribution in [2.24, 2.45) is 5.92 Å². The normalized spacial score (nSPS) is 11.3. The third-order valence-corrected chi connectivity index (χ3v) is 4.70. The standard InChI is InChI=1S/C21H22ClNO2/c1-13(2)11-18-14(3)23(20-10-9-17(25-4)12-19(18)20)21(24)15-5-7-16(22)8-6-15/h5-10,12-13H,11H2,1-4H3. The summed E-state index contributed by atoms with van der Waals surface area (Å²) in [4.78, 5) is 13.1. The summed E-state index contributed by atoms with van der Waals surface area (Å²) in [6.45, 7) is 6.38. The highest BCUT2D eigenvalue weighted by atomic mass is 35.5. The maximum atomic E-state index is 13.1. The van der Waals surface area contributed by atoms with Crippen molar-refractivity contribution in [2.45, 2.75) is 27.2 Å². The Morgan fingerprint density at radius 2 is 1.84 bits per heavy atom. The monoisotopic (exact) mass is 355 g/mol. The molecule has 1 aromatic heterocycles. The zero-order chi connectivity index (χ0) is 18.1. The van der Waals surface area contributed by atoms with Gasteiger partial charge in [0.25, 0.3) is 5.91 Å². The predicted octanol–water partition coefficient (Wildman–Crippen LogP) is 5.50. The number of benzene rings is 2. The van der Waals surface area contributed by atoms with E-state index in [9.17, 15) is 4.79 Å². The van der Waals surface area contributed by atoms with E-state index in [2.05, 4.69) is 13.8 Å². The number of methoxy groups -OCH3 is 1. The van der Waals surface area contributed by atoms with Gasteiger partial charge in [0.2, 0.25) is 0 Å². The molecule has 130 valence electrons. The first-order chi connectivity index (χ1) is 11.9. The molecular formula is C21H22ClNO2. The molecule has 0 aliphatic heterocycles. The molecule has 0 saturated carbocycles. The van der Waals surface area contributed by atoms with Crippen LogP contribution < -0.4 is 4.74 Å². The lowest BCUT2D eigenvalue weighted by atomic mass is 10.00. The fourth-order valence-corrected chi connectivity index (χ4v) is 3.36. The number of hydrogen-bond acceptors (Lipinski definition) is 2. The SMILES string of the molecule is COc1ccc2c(c1)c(CC(C)C)c(C)n2C(=O)c1ccc(Cl)cc1. The second-order valence-electron chi connectivity index (χ2n) is 6.69. The van der Waals surface area contributed by atoms with Gasteiger partial charge in [0.1, 0.15) is 5.75 Å². The summed E-state index contributed by atoms with van der Waals surface area (Å²) in [5.74, 6) is 1.25. The summed E-state index contributed by atoms with van der Waals surface area (Å²) in [5, 5.41) is 1.70. The highest BCUT2D eigenvalue weighted by molar-refractivity contribution is 6.30. The fourth-order valence-electron chi connectivity index (χ4n) is 3.24. The van der Waals surface area contributed by atoms with Crippen LogP contribution in [0.25, 0.3) is 10.9 Å². The summed E-state index contributed by atoms with van der Waals surface area (Å²) in [6.07, 6.45) is 0.913. The van der Waals surface area contributed by atoms with Crippen LogP contribution in [0.5, 0.6) is 5.75 Å². The summed E-state index contributed by atoms with van der Waals surface area (Å²) in [6, 6.07) is 12.9. The topological polar surface area (TPSA) is 31.2 Å². The number of halogens is 1. The van der Waals surface area contributed by atoms with Crippen LogP contribution in [0.1, 0.15) is 35.5 Å². The van der Waals surface area contributed by atoms with Gasteiger partial charge >= 0.3 is 0 Å². The quantitative estimate of drug-likeness (QED) is 0.618. The first-order valence-electron chi connectivity index (χ1n) is 8.40. The third kappa shape index (κ3) is 3.29. The van der Waals surface area contributed by atoms with E-state index >= 15 is 0 Å². The van der Waals surface area contributed by atoms with Gasteiger partial charge in [0.15, 0.2) is 0 Å². The lowest BCUT2D eigenvalue weighted by molar-refractivity contribution is 0.0963. The molecule has 25 heavy (non-hydrogen) atoms. The van der Waals surface area contributed by atoms with Crippen molar-refractivity contribution < 1.29 is 9.53 Å². The minimum Gasteiger partial charge on any atom is -0.497 e. The van der Waals surface area contributed by atoms with Crippen molar-refractivity contribution >= 4 is 28.4 Å². The van der Waals surface area contributed by atoms with Gasteiger partial charge in [-0.2, -0.15) is 0 Å². The van der Waals surface area contributed by atoms with Gasteiger partial charge in [-0.1, -0.05) is 25.4 Å². The molecule has 0 aliphatic rings. The maximum absolute atomic E-state index is 13.1. The lowest BCUT2D eigenvalue weighted by Crippen LogP contribution is -2.13. The molecule has 0 atom stereocenters. The number of nitrogens with zero attached hydrogens (tertiary/aromatic N) is 1. The molecular weight excluding hydrogens is 334 g/mol. The summed E-state index contributed by atoms with van der Waals surface area (Å²) >= 11 is 5.95. The van der Waals surface area contributed by atoms with E-state index in [0.29, 0.717) is 16.5 Å². The maximum Gasteiger partial charge on any atom is 0.262 e. The average Bonchev–Trinajstić information content (AvgIpc) is 2.86. The summed E-state index contributed by atoms with van der Waals surface area (Å²) in [7, 11) is 1.66. The van der Waals surface area contributed by atoms with Gasteiger partial charge in [-0.3, -0.25) is 9.36 Å². The van der Waals surface area contributed by atoms with Crippen molar-refractivity contribution in [2.75, 3.05) is 7.11 Å². The average molecular weight is 356 g/mol. The molecule has 0 aliphatic carbocycles. The van der Waals surface area contributed by atoms with Gasteiger partial charge in [-0.25, -0.2) is 0 Å². The van der Waals surface area contributed by atoms with E-state index < -0.39 is 0 Å². The Kier molecular flexibility index (Phi) is 4.87. The van der Waals surface area contributed by atoms with Crippen LogP contribution in [0.4, 0.5) is 0 Å². The fraction of sp³-hybridized carbons (Fsp3) is 0.286. The van der Waals surface area contributed by atoms with Crippen molar-refractivity contribution in [1.29, 1.82) is 0 Å². The Balaban J connectivity index is 2.22. The van der Waals surface area contributed by atoms with E-state index in [4.69, 9.17) is 16.3 Å². The highest BCUT2D eigenvalue weighted by Gasteiger charge is 2.20. The minimum atomic E-state index is -0.0423. The predicted molar refractivity (Wildman–Crippen MR) is 103 cm³/mol. The Morgan fingerprint density at radius 1 is 1.16 bits per heavy atom. The van der Waals surface area contributed by atoms with Gasteiger partial charge in [-0.15, -0.1) is 0 Å². The molecule has 1 heterocycles. The van der Waals surface area contributed by atoms with Crippen molar-refractivity contribution in [3.05, 3.63) is 64.3 Å². The highest BCUT2D eigenvalue weighted by Crippen LogP contribution is 2.31. The molecule has 0 spiro atoms. The Hall–Kier alpha value is -2.26. The van der Waals surface area contributed by atoms with E-state index in [-0.39, 0.29) is 5.91 Å². The van der Waals surface area contributed by atoms with Crippen molar-refractivity contribution in [3.8, 4) is 5.75 Å². The number of carbonyl (C=O) groups excluding carboxylic acids is 1. The van der Waals surface area contributed by atoms with Crippen molar-refractivity contribution in [1.82, 2.24) is 4.57 Å². The molecule has 0 N–H and O–H groups in total. The Morgan fingerprint density at radius 3 is 2.44 bits per heavy atom. The van der Waals surface area contributed by atoms with Gasteiger partial charge < -0.3 is 4.74 Å². The second-order valence-corrected chi connectivity index (χ2v) is 7.13. The Bertz CT molecular complexity index is 923. The van der Waals surface area contributed by atoms with E-state index in [1.807, 2.05) is 25.1 Å². The van der Waals surface area contributed by atoms with Gasteiger partial charge in [-0.05, 0) is 67.3 Å². The van der Waals surface area contributed by atoms with Crippen LogP contribution in [0, 0.1) is 12.8 Å². The zero-order valence-corrected chi connectivity index (χ0v) is 15.7. The first kappa shape index (κ1) is 17.6. The second kappa shape index (κ2) is 6.93. The molecule has 3 nitrogen and oxygen atoms in total. The Labute approximate surface area is 153 Å². The van der Waals surface area contributed by atoms with E-state index in [1.165, 1.54) is 5.56 Å². The van der Waals surface area contributed by atoms with Crippen LogP contribution in [0.15, 0.2) is 42.5 Å². The molecule has 0 fully saturated rings. The van der Waals surface area contributed by atoms with E-state index in [1.54, 1.807) is 35.9 Å².